The van der Waals surface area contributed by atoms with Crippen LogP contribution in [0.15, 0.2) is 48.5 Å². The van der Waals surface area contributed by atoms with E-state index in [9.17, 15) is 14.5 Å². The van der Waals surface area contributed by atoms with Crippen LogP contribution >= 0.6 is 0 Å². The van der Waals surface area contributed by atoms with Gasteiger partial charge in [-0.25, -0.2) is 4.39 Å². The highest BCUT2D eigenvalue weighted by Gasteiger charge is 2.18. The van der Waals surface area contributed by atoms with E-state index in [0.29, 0.717) is 6.54 Å². The number of anilines is 1. The molecule has 120 valence electrons. The summed E-state index contributed by atoms with van der Waals surface area (Å²) in [4.78, 5) is 15.0. The molecule has 0 atom stereocenters. The average Bonchev–Trinajstić information content (AvgIpc) is 2.57. The molecule has 0 aromatic heterocycles. The second-order valence-corrected chi connectivity index (χ2v) is 5.67. The zero-order valence-corrected chi connectivity index (χ0v) is 12.7. The maximum absolute atomic E-state index is 13.0. The van der Waals surface area contributed by atoms with Crippen LogP contribution in [0.3, 0.4) is 0 Å². The van der Waals surface area contributed by atoms with Gasteiger partial charge in [0.1, 0.15) is 5.82 Å². The minimum Gasteiger partial charge on any atom is -0.369 e. The first kappa shape index (κ1) is 15.4. The Morgan fingerprint density at radius 1 is 1.04 bits per heavy atom. The molecule has 0 radical (unpaired) electrons. The lowest BCUT2D eigenvalue weighted by Gasteiger charge is -2.36. The molecule has 0 saturated carbocycles. The molecule has 2 aromatic rings. The molecule has 0 bridgehead atoms. The second kappa shape index (κ2) is 6.75. The Bertz CT molecular complexity index is 682. The average molecular weight is 315 g/mol. The standard InChI is InChI=1S/C17H18FN3O2/c18-15-4-6-16(7-5-15)20-10-8-19(9-11-20)13-14-2-1-3-17(12-14)21(22)23/h1-7,12H,8-11,13H2. The number of piperazine rings is 1. The number of hydrogen-bond donors (Lipinski definition) is 0. The Morgan fingerprint density at radius 2 is 1.74 bits per heavy atom. The number of nitro groups is 1. The van der Waals surface area contributed by atoms with E-state index in [1.54, 1.807) is 24.3 Å². The van der Waals surface area contributed by atoms with Gasteiger partial charge < -0.3 is 4.90 Å². The van der Waals surface area contributed by atoms with Crippen LogP contribution in [0.2, 0.25) is 0 Å². The third-order valence-corrected chi connectivity index (χ3v) is 4.09. The Hall–Kier alpha value is -2.47. The largest absolute Gasteiger partial charge is 0.369 e. The van der Waals surface area contributed by atoms with Crippen molar-refractivity contribution in [1.82, 2.24) is 4.90 Å². The Kier molecular flexibility index (Phi) is 4.52. The maximum atomic E-state index is 13.0. The van der Waals surface area contributed by atoms with Gasteiger partial charge in [-0.05, 0) is 29.8 Å². The van der Waals surface area contributed by atoms with E-state index in [0.717, 1.165) is 37.4 Å². The molecular formula is C17H18FN3O2. The van der Waals surface area contributed by atoms with Gasteiger partial charge >= 0.3 is 0 Å². The third-order valence-electron chi connectivity index (χ3n) is 4.09. The number of non-ortho nitro benzene ring substituents is 1. The molecule has 23 heavy (non-hydrogen) atoms. The first-order chi connectivity index (χ1) is 11.1. The van der Waals surface area contributed by atoms with Crippen LogP contribution in [0.25, 0.3) is 0 Å². The summed E-state index contributed by atoms with van der Waals surface area (Å²) < 4.78 is 13.0. The summed E-state index contributed by atoms with van der Waals surface area (Å²) in [5.41, 5.74) is 2.11. The van der Waals surface area contributed by atoms with E-state index >= 15 is 0 Å². The highest BCUT2D eigenvalue weighted by atomic mass is 19.1. The summed E-state index contributed by atoms with van der Waals surface area (Å²) in [6, 6.07) is 13.3. The lowest BCUT2D eigenvalue weighted by atomic mass is 10.1. The summed E-state index contributed by atoms with van der Waals surface area (Å²) in [7, 11) is 0. The second-order valence-electron chi connectivity index (χ2n) is 5.67. The van der Waals surface area contributed by atoms with Crippen LogP contribution in [0.1, 0.15) is 5.56 Å². The Balaban J connectivity index is 1.58. The van der Waals surface area contributed by atoms with Gasteiger partial charge in [-0.2, -0.15) is 0 Å². The number of nitrogens with zero attached hydrogens (tertiary/aromatic N) is 3. The fraction of sp³-hybridized carbons (Fsp3) is 0.294. The van der Waals surface area contributed by atoms with Crippen molar-refractivity contribution < 1.29 is 9.31 Å². The summed E-state index contributed by atoms with van der Waals surface area (Å²) in [6.45, 7) is 4.18. The van der Waals surface area contributed by atoms with E-state index in [-0.39, 0.29) is 16.4 Å². The van der Waals surface area contributed by atoms with E-state index in [4.69, 9.17) is 0 Å². The lowest BCUT2D eigenvalue weighted by Crippen LogP contribution is -2.45. The molecule has 0 aliphatic carbocycles. The number of hydrogen-bond acceptors (Lipinski definition) is 4. The zero-order chi connectivity index (χ0) is 16.2. The fourth-order valence-electron chi connectivity index (χ4n) is 2.84. The number of benzene rings is 2. The van der Waals surface area contributed by atoms with Crippen LogP contribution < -0.4 is 4.90 Å². The molecule has 0 spiro atoms. The number of halogens is 1. The van der Waals surface area contributed by atoms with Crippen LogP contribution in [0, 0.1) is 15.9 Å². The van der Waals surface area contributed by atoms with Gasteiger partial charge in [-0.15, -0.1) is 0 Å². The van der Waals surface area contributed by atoms with Crippen LogP contribution in [0.5, 0.6) is 0 Å². The minimum absolute atomic E-state index is 0.132. The normalized spacial score (nSPS) is 15.6. The van der Waals surface area contributed by atoms with Crippen LogP contribution in [0.4, 0.5) is 15.8 Å². The number of rotatable bonds is 4. The van der Waals surface area contributed by atoms with E-state index < -0.39 is 0 Å². The van der Waals surface area contributed by atoms with Gasteiger partial charge in [0, 0.05) is 50.5 Å². The van der Waals surface area contributed by atoms with Gasteiger partial charge in [-0.1, -0.05) is 12.1 Å². The predicted molar refractivity (Wildman–Crippen MR) is 87.0 cm³/mol. The molecule has 3 rings (SSSR count). The van der Waals surface area contributed by atoms with Gasteiger partial charge in [0.15, 0.2) is 0 Å². The monoisotopic (exact) mass is 315 g/mol. The smallest absolute Gasteiger partial charge is 0.269 e. The molecule has 6 heteroatoms. The lowest BCUT2D eigenvalue weighted by molar-refractivity contribution is -0.384. The molecule has 1 saturated heterocycles. The zero-order valence-electron chi connectivity index (χ0n) is 12.7. The molecular weight excluding hydrogens is 297 g/mol. The summed E-state index contributed by atoms with van der Waals surface area (Å²) >= 11 is 0. The molecule has 0 unspecified atom stereocenters. The molecule has 1 fully saturated rings. The van der Waals surface area contributed by atoms with Crippen LogP contribution in [-0.4, -0.2) is 36.0 Å². The maximum Gasteiger partial charge on any atom is 0.269 e. The van der Waals surface area contributed by atoms with Crippen molar-refractivity contribution in [3.05, 3.63) is 70.0 Å². The summed E-state index contributed by atoms with van der Waals surface area (Å²) in [5.74, 6) is -0.224. The van der Waals surface area contributed by atoms with Crippen molar-refractivity contribution in [3.63, 3.8) is 0 Å². The highest BCUT2D eigenvalue weighted by Crippen LogP contribution is 2.19. The van der Waals surface area contributed by atoms with Crippen molar-refractivity contribution in [2.24, 2.45) is 0 Å². The van der Waals surface area contributed by atoms with Gasteiger partial charge in [-0.3, -0.25) is 15.0 Å². The summed E-state index contributed by atoms with van der Waals surface area (Å²) in [6.07, 6.45) is 0. The molecule has 5 nitrogen and oxygen atoms in total. The molecule has 1 heterocycles. The molecule has 0 amide bonds. The van der Waals surface area contributed by atoms with Crippen molar-refractivity contribution in [3.8, 4) is 0 Å². The quantitative estimate of drug-likeness (QED) is 0.643. The molecule has 0 N–H and O–H groups in total. The Morgan fingerprint density at radius 3 is 2.39 bits per heavy atom. The van der Waals surface area contributed by atoms with E-state index in [2.05, 4.69) is 9.80 Å². The highest BCUT2D eigenvalue weighted by molar-refractivity contribution is 5.46. The van der Waals surface area contributed by atoms with Crippen molar-refractivity contribution in [2.45, 2.75) is 6.54 Å². The van der Waals surface area contributed by atoms with Gasteiger partial charge in [0.25, 0.3) is 5.69 Å². The Labute approximate surface area is 134 Å². The van der Waals surface area contributed by atoms with Crippen molar-refractivity contribution in [2.75, 3.05) is 31.1 Å². The van der Waals surface area contributed by atoms with Crippen LogP contribution in [-0.2, 0) is 6.54 Å². The first-order valence-corrected chi connectivity index (χ1v) is 7.58. The summed E-state index contributed by atoms with van der Waals surface area (Å²) in [5, 5.41) is 10.8. The molecule has 2 aromatic carbocycles. The molecule has 1 aliphatic heterocycles. The minimum atomic E-state index is -0.365. The fourth-order valence-corrected chi connectivity index (χ4v) is 2.84. The van der Waals surface area contributed by atoms with Crippen molar-refractivity contribution >= 4 is 11.4 Å². The molecule has 1 aliphatic rings. The van der Waals surface area contributed by atoms with Crippen molar-refractivity contribution in [1.29, 1.82) is 0 Å². The topological polar surface area (TPSA) is 49.6 Å². The van der Waals surface area contributed by atoms with E-state index in [1.807, 2.05) is 6.07 Å². The predicted octanol–water partition coefficient (Wildman–Crippen LogP) is 3.06. The van der Waals surface area contributed by atoms with E-state index in [1.165, 1.54) is 18.2 Å². The SMILES string of the molecule is O=[N+]([O-])c1cccc(CN2CCN(c3ccc(F)cc3)CC2)c1. The van der Waals surface area contributed by atoms with Gasteiger partial charge in [0.2, 0.25) is 0 Å². The first-order valence-electron chi connectivity index (χ1n) is 7.58. The number of nitro benzene ring substituents is 1. The van der Waals surface area contributed by atoms with Gasteiger partial charge in [0.05, 0.1) is 4.92 Å². The third kappa shape index (κ3) is 3.84.